The minimum Gasteiger partial charge on any atom is -0.784 e. The van der Waals surface area contributed by atoms with Gasteiger partial charge < -0.3 is 10.3 Å². The van der Waals surface area contributed by atoms with Crippen molar-refractivity contribution in [3.63, 3.8) is 0 Å². The van der Waals surface area contributed by atoms with Crippen LogP contribution >= 0.6 is 0 Å². The molecule has 1 spiro atoms. The van der Waals surface area contributed by atoms with Crippen LogP contribution in [0.5, 0.6) is 0 Å². The van der Waals surface area contributed by atoms with Crippen molar-refractivity contribution in [2.75, 3.05) is 0 Å². The largest absolute Gasteiger partial charge is 0.784 e. The first kappa shape index (κ1) is 15.1. The van der Waals surface area contributed by atoms with Crippen LogP contribution in [0.25, 0.3) is 0 Å². The predicted octanol–water partition coefficient (Wildman–Crippen LogP) is 5.39. The first-order chi connectivity index (χ1) is 10.1. The highest BCUT2D eigenvalue weighted by Crippen LogP contribution is 2.50. The molecule has 1 fully saturated rings. The normalized spacial score (nSPS) is 29.4. The molecule has 1 aromatic carbocycles. The van der Waals surface area contributed by atoms with Crippen LogP contribution in [0.4, 0.5) is 0 Å². The molecule has 0 aromatic heterocycles. The average molecular weight is 286 g/mol. The van der Waals surface area contributed by atoms with Gasteiger partial charge in [0.2, 0.25) is 0 Å². The molecule has 0 saturated heterocycles. The van der Waals surface area contributed by atoms with E-state index >= 15 is 0 Å². The molecule has 2 atom stereocenters. The Balaban J connectivity index is 2.08. The topological polar surface area (TPSA) is 26.3 Å². The summed E-state index contributed by atoms with van der Waals surface area (Å²) in [5.41, 5.74) is 2.56. The molecule has 0 N–H and O–H groups in total. The number of rotatable bonds is 1. The smallest absolute Gasteiger partial charge is 0.0261 e. The molecule has 2 unspecified atom stereocenters. The highest BCUT2D eigenvalue weighted by Gasteiger charge is 2.41. The number of hydrogen-bond acceptors (Lipinski definition) is 2. The molecule has 0 bridgehead atoms. The Morgan fingerprint density at radius 3 is 2.33 bits per heavy atom. The van der Waals surface area contributed by atoms with E-state index in [0.717, 1.165) is 19.3 Å². The molecule has 1 aromatic rings. The number of hydrogen-bond donors (Lipinski definition) is 0. The zero-order valence-corrected chi connectivity index (χ0v) is 13.6. The first-order valence-corrected chi connectivity index (χ1v) is 8.60. The van der Waals surface area contributed by atoms with Crippen LogP contribution in [-0.4, -0.2) is 10.6 Å². The molecule has 0 amide bonds. The van der Waals surface area contributed by atoms with E-state index in [9.17, 15) is 5.21 Å². The number of fused-ring (bicyclic) bond motifs is 1. The van der Waals surface area contributed by atoms with E-state index in [4.69, 9.17) is 0 Å². The summed E-state index contributed by atoms with van der Waals surface area (Å²) in [4.78, 5) is 0. The Kier molecular flexibility index (Phi) is 4.11. The highest BCUT2D eigenvalue weighted by molar-refractivity contribution is 5.36. The molecule has 1 saturated carbocycles. The van der Waals surface area contributed by atoms with E-state index in [-0.39, 0.29) is 11.6 Å². The zero-order valence-electron chi connectivity index (χ0n) is 13.6. The summed E-state index contributed by atoms with van der Waals surface area (Å²) in [7, 11) is 0. The van der Waals surface area contributed by atoms with Gasteiger partial charge in [0.1, 0.15) is 0 Å². The lowest BCUT2D eigenvalue weighted by Crippen LogP contribution is -2.49. The van der Waals surface area contributed by atoms with Gasteiger partial charge >= 0.3 is 0 Å². The van der Waals surface area contributed by atoms with Gasteiger partial charge in [-0.3, -0.25) is 0 Å². The maximum Gasteiger partial charge on any atom is 0.0261 e. The van der Waals surface area contributed by atoms with Gasteiger partial charge in [0, 0.05) is 11.6 Å². The van der Waals surface area contributed by atoms with E-state index < -0.39 is 0 Å². The molecule has 2 aliphatic rings. The monoisotopic (exact) mass is 286 g/mol. The maximum absolute atomic E-state index is 13.4. The SMILES string of the molecule is CC1CC2(CCCCC2)N([O-])C(C(C)C)c2ccccc21. The molecule has 1 aliphatic carbocycles. The predicted molar refractivity (Wildman–Crippen MR) is 88.1 cm³/mol. The summed E-state index contributed by atoms with van der Waals surface area (Å²) in [6, 6.07) is 8.66. The van der Waals surface area contributed by atoms with Crippen molar-refractivity contribution in [3.05, 3.63) is 40.6 Å². The third-order valence-electron chi connectivity index (χ3n) is 5.67. The third kappa shape index (κ3) is 2.53. The van der Waals surface area contributed by atoms with Crippen LogP contribution in [0.1, 0.15) is 82.4 Å². The average Bonchev–Trinajstić information content (AvgIpc) is 2.55. The number of nitrogens with zero attached hydrogens (tertiary/aromatic N) is 1. The molecule has 2 nitrogen and oxygen atoms in total. The second-order valence-electron chi connectivity index (χ2n) is 7.53. The molecule has 2 heteroatoms. The quantitative estimate of drug-likeness (QED) is 0.691. The molecule has 0 radical (unpaired) electrons. The summed E-state index contributed by atoms with van der Waals surface area (Å²) < 4.78 is 0. The van der Waals surface area contributed by atoms with Gasteiger partial charge in [-0.05, 0) is 42.2 Å². The molecule has 3 rings (SSSR count). The van der Waals surface area contributed by atoms with Crippen molar-refractivity contribution in [3.8, 4) is 0 Å². The van der Waals surface area contributed by atoms with Gasteiger partial charge in [-0.1, -0.05) is 64.3 Å². The van der Waals surface area contributed by atoms with E-state index in [1.54, 1.807) is 0 Å². The van der Waals surface area contributed by atoms with Crippen LogP contribution < -0.4 is 0 Å². The van der Waals surface area contributed by atoms with Crippen molar-refractivity contribution in [2.24, 2.45) is 5.92 Å². The maximum atomic E-state index is 13.4. The number of hydroxylamine groups is 2. The minimum absolute atomic E-state index is 0.0178. The molecule has 1 heterocycles. The highest BCUT2D eigenvalue weighted by atomic mass is 16.5. The summed E-state index contributed by atoms with van der Waals surface area (Å²) in [6.45, 7) is 6.70. The lowest BCUT2D eigenvalue weighted by Gasteiger charge is -2.55. The van der Waals surface area contributed by atoms with E-state index in [2.05, 4.69) is 45.0 Å². The van der Waals surface area contributed by atoms with Gasteiger partial charge in [0.25, 0.3) is 0 Å². The molecular weight excluding hydrogens is 258 g/mol. The summed E-state index contributed by atoms with van der Waals surface area (Å²) in [5, 5.41) is 14.9. The standard InChI is InChI=1S/C19H28NO/c1-14(2)18-17-10-6-5-9-16(17)15(3)13-19(20(18)21)11-7-4-8-12-19/h5-6,9-10,14-15,18H,4,7-8,11-13H2,1-3H3/q-1. The Bertz CT molecular complexity index is 490. The first-order valence-electron chi connectivity index (χ1n) is 8.60. The van der Waals surface area contributed by atoms with Crippen LogP contribution in [-0.2, 0) is 0 Å². The van der Waals surface area contributed by atoms with Gasteiger partial charge in [-0.25, -0.2) is 0 Å². The fraction of sp³-hybridized carbons (Fsp3) is 0.684. The van der Waals surface area contributed by atoms with E-state index in [1.165, 1.54) is 35.5 Å². The Hall–Kier alpha value is -0.860. The van der Waals surface area contributed by atoms with Gasteiger partial charge in [-0.2, -0.15) is 0 Å². The third-order valence-corrected chi connectivity index (χ3v) is 5.67. The van der Waals surface area contributed by atoms with Crippen molar-refractivity contribution in [1.82, 2.24) is 5.06 Å². The lowest BCUT2D eigenvalue weighted by molar-refractivity contribution is 0.0340. The van der Waals surface area contributed by atoms with Crippen LogP contribution in [0, 0.1) is 11.1 Å². The fourth-order valence-electron chi connectivity index (χ4n) is 4.68. The van der Waals surface area contributed by atoms with Gasteiger partial charge in [-0.15, -0.1) is 0 Å². The summed E-state index contributed by atoms with van der Waals surface area (Å²) in [6.07, 6.45) is 6.91. The minimum atomic E-state index is -0.119. The van der Waals surface area contributed by atoms with Gasteiger partial charge in [0.15, 0.2) is 0 Å². The van der Waals surface area contributed by atoms with E-state index in [0.29, 0.717) is 11.8 Å². The lowest BCUT2D eigenvalue weighted by atomic mass is 9.75. The van der Waals surface area contributed by atoms with Crippen LogP contribution in [0.15, 0.2) is 24.3 Å². The number of benzene rings is 1. The molecule has 116 valence electrons. The Labute approximate surface area is 129 Å². The van der Waals surface area contributed by atoms with Crippen LogP contribution in [0.2, 0.25) is 0 Å². The molecule has 1 aliphatic heterocycles. The van der Waals surface area contributed by atoms with E-state index in [1.807, 2.05) is 0 Å². The molecular formula is C19H28NO-. The van der Waals surface area contributed by atoms with Gasteiger partial charge in [0.05, 0.1) is 0 Å². The Morgan fingerprint density at radius 2 is 1.71 bits per heavy atom. The fourth-order valence-corrected chi connectivity index (χ4v) is 4.68. The van der Waals surface area contributed by atoms with Crippen molar-refractivity contribution in [1.29, 1.82) is 0 Å². The zero-order chi connectivity index (χ0) is 15.0. The summed E-state index contributed by atoms with van der Waals surface area (Å²) >= 11 is 0. The van der Waals surface area contributed by atoms with Crippen molar-refractivity contribution in [2.45, 2.75) is 76.8 Å². The van der Waals surface area contributed by atoms with Crippen molar-refractivity contribution >= 4 is 0 Å². The van der Waals surface area contributed by atoms with Crippen LogP contribution in [0.3, 0.4) is 0 Å². The molecule has 21 heavy (non-hydrogen) atoms. The second kappa shape index (κ2) is 5.73. The summed E-state index contributed by atoms with van der Waals surface area (Å²) in [5.74, 6) is 0.840. The van der Waals surface area contributed by atoms with Crippen molar-refractivity contribution < 1.29 is 0 Å². The second-order valence-corrected chi connectivity index (χ2v) is 7.53. The Morgan fingerprint density at radius 1 is 1.10 bits per heavy atom.